The molecular formula is C16H21N3O2. The molecule has 0 saturated carbocycles. The molecule has 2 bridgehead atoms. The first-order valence-corrected chi connectivity index (χ1v) is 7.69. The van der Waals surface area contributed by atoms with Crippen LogP contribution in [0.4, 0.5) is 0 Å². The van der Waals surface area contributed by atoms with Gasteiger partial charge < -0.3 is 15.0 Å². The molecule has 1 aromatic rings. The highest BCUT2D eigenvalue weighted by atomic mass is 16.5. The maximum absolute atomic E-state index is 12.5. The summed E-state index contributed by atoms with van der Waals surface area (Å²) < 4.78 is 5.62. The minimum absolute atomic E-state index is 0.0502. The lowest BCUT2D eigenvalue weighted by molar-refractivity contribution is 0.0919. The largest absolute Gasteiger partial charge is 0.491 e. The first-order valence-electron chi connectivity index (χ1n) is 7.69. The van der Waals surface area contributed by atoms with E-state index in [-0.39, 0.29) is 17.4 Å². The number of rotatable bonds is 2. The van der Waals surface area contributed by atoms with Crippen LogP contribution in [0.3, 0.4) is 0 Å². The number of amides is 1. The summed E-state index contributed by atoms with van der Waals surface area (Å²) in [5.41, 5.74) is 1.54. The van der Waals surface area contributed by atoms with Gasteiger partial charge in [0.05, 0.1) is 12.8 Å². The molecule has 5 nitrogen and oxygen atoms in total. The van der Waals surface area contributed by atoms with Crippen LogP contribution < -0.4 is 10.1 Å². The Morgan fingerprint density at radius 1 is 1.48 bits per heavy atom. The fourth-order valence-electron chi connectivity index (χ4n) is 3.74. The Labute approximate surface area is 124 Å². The van der Waals surface area contributed by atoms with Crippen molar-refractivity contribution >= 4 is 5.91 Å². The van der Waals surface area contributed by atoms with Crippen LogP contribution in [-0.4, -0.2) is 48.1 Å². The lowest BCUT2D eigenvalue weighted by atomic mass is 9.87. The molecule has 4 rings (SSSR count). The number of carbonyl (C=O) groups excluding carboxylic acids is 1. The minimum Gasteiger partial charge on any atom is -0.491 e. The van der Waals surface area contributed by atoms with Crippen LogP contribution in [-0.2, 0) is 5.41 Å². The molecule has 5 heteroatoms. The maximum Gasteiger partial charge on any atom is 0.270 e. The molecule has 3 aliphatic rings. The van der Waals surface area contributed by atoms with E-state index >= 15 is 0 Å². The van der Waals surface area contributed by atoms with Gasteiger partial charge in [-0.3, -0.25) is 4.79 Å². The van der Waals surface area contributed by atoms with Crippen molar-refractivity contribution in [2.24, 2.45) is 5.92 Å². The van der Waals surface area contributed by atoms with Gasteiger partial charge in [0.15, 0.2) is 0 Å². The average Bonchev–Trinajstić information content (AvgIpc) is 3.14. The summed E-state index contributed by atoms with van der Waals surface area (Å²) in [7, 11) is 0. The molecule has 3 unspecified atom stereocenters. The van der Waals surface area contributed by atoms with Gasteiger partial charge in [0.2, 0.25) is 0 Å². The predicted octanol–water partition coefficient (Wildman–Crippen LogP) is 1.19. The van der Waals surface area contributed by atoms with E-state index in [0.717, 1.165) is 24.4 Å². The number of piperidine rings is 1. The number of nitrogens with zero attached hydrogens (tertiary/aromatic N) is 2. The van der Waals surface area contributed by atoms with Crippen LogP contribution >= 0.6 is 0 Å². The average molecular weight is 287 g/mol. The first kappa shape index (κ1) is 13.1. The minimum atomic E-state index is -0.0563. The van der Waals surface area contributed by atoms with Crippen molar-refractivity contribution in [1.82, 2.24) is 15.2 Å². The highest BCUT2D eigenvalue weighted by Gasteiger charge is 2.39. The third kappa shape index (κ3) is 2.11. The second-order valence-corrected chi connectivity index (χ2v) is 7.13. The Morgan fingerprint density at radius 2 is 2.33 bits per heavy atom. The third-order valence-electron chi connectivity index (χ3n) is 5.07. The second kappa shape index (κ2) is 4.44. The van der Waals surface area contributed by atoms with Gasteiger partial charge in [0.1, 0.15) is 11.4 Å². The van der Waals surface area contributed by atoms with Gasteiger partial charge in [-0.2, -0.15) is 0 Å². The molecule has 112 valence electrons. The van der Waals surface area contributed by atoms with Gasteiger partial charge in [-0.25, -0.2) is 4.98 Å². The molecule has 0 radical (unpaired) electrons. The lowest BCUT2D eigenvalue weighted by Crippen LogP contribution is -2.43. The van der Waals surface area contributed by atoms with E-state index in [4.69, 9.17) is 4.74 Å². The van der Waals surface area contributed by atoms with E-state index in [1.165, 1.54) is 13.0 Å². The zero-order valence-electron chi connectivity index (χ0n) is 12.6. The summed E-state index contributed by atoms with van der Waals surface area (Å²) in [6.07, 6.45) is 2.88. The summed E-state index contributed by atoms with van der Waals surface area (Å²) in [6.45, 7) is 8.20. The molecule has 2 fully saturated rings. The van der Waals surface area contributed by atoms with Crippen molar-refractivity contribution in [1.29, 1.82) is 0 Å². The first-order chi connectivity index (χ1) is 10.0. The van der Waals surface area contributed by atoms with E-state index in [1.807, 2.05) is 6.07 Å². The Hall–Kier alpha value is -1.62. The summed E-state index contributed by atoms with van der Waals surface area (Å²) >= 11 is 0. The molecular weight excluding hydrogens is 266 g/mol. The van der Waals surface area contributed by atoms with Crippen LogP contribution in [0.1, 0.15) is 36.3 Å². The zero-order valence-corrected chi connectivity index (χ0v) is 12.6. The fraction of sp³-hybridized carbons (Fsp3) is 0.625. The molecule has 3 aliphatic heterocycles. The number of nitrogens with one attached hydrogen (secondary N) is 1. The van der Waals surface area contributed by atoms with Crippen LogP contribution in [0.2, 0.25) is 0 Å². The zero-order chi connectivity index (χ0) is 14.6. The van der Waals surface area contributed by atoms with Gasteiger partial charge in [-0.1, -0.05) is 13.8 Å². The summed E-state index contributed by atoms with van der Waals surface area (Å²) in [6, 6.07) is 2.18. The van der Waals surface area contributed by atoms with E-state index in [9.17, 15) is 4.79 Å². The molecule has 4 heterocycles. The van der Waals surface area contributed by atoms with Crippen LogP contribution in [0.15, 0.2) is 12.3 Å². The summed E-state index contributed by atoms with van der Waals surface area (Å²) in [5.74, 6) is 1.37. The van der Waals surface area contributed by atoms with Gasteiger partial charge >= 0.3 is 0 Å². The number of pyridine rings is 1. The number of aromatic nitrogens is 1. The molecule has 0 aliphatic carbocycles. The number of carbonyl (C=O) groups is 1. The molecule has 1 N–H and O–H groups in total. The Morgan fingerprint density at radius 3 is 3.05 bits per heavy atom. The predicted molar refractivity (Wildman–Crippen MR) is 78.6 cm³/mol. The van der Waals surface area contributed by atoms with Gasteiger partial charge in [0, 0.05) is 30.1 Å². The van der Waals surface area contributed by atoms with Crippen LogP contribution in [0.5, 0.6) is 5.75 Å². The molecule has 1 amide bonds. The Balaban J connectivity index is 1.53. The molecule has 21 heavy (non-hydrogen) atoms. The quantitative estimate of drug-likeness (QED) is 0.887. The monoisotopic (exact) mass is 287 g/mol. The van der Waals surface area contributed by atoms with E-state index in [2.05, 4.69) is 29.0 Å². The Kier molecular flexibility index (Phi) is 2.76. The van der Waals surface area contributed by atoms with Crippen molar-refractivity contribution < 1.29 is 9.53 Å². The third-order valence-corrected chi connectivity index (χ3v) is 5.07. The molecule has 0 spiro atoms. The van der Waals surface area contributed by atoms with Crippen LogP contribution in [0, 0.1) is 5.92 Å². The lowest BCUT2D eigenvalue weighted by Gasteiger charge is -2.23. The van der Waals surface area contributed by atoms with E-state index in [1.54, 1.807) is 6.20 Å². The second-order valence-electron chi connectivity index (χ2n) is 7.13. The Bertz CT molecular complexity index is 599. The van der Waals surface area contributed by atoms with Gasteiger partial charge in [-0.15, -0.1) is 0 Å². The number of ether oxygens (including phenoxy) is 1. The number of hydrogen-bond donors (Lipinski definition) is 1. The van der Waals surface area contributed by atoms with Gasteiger partial charge in [0.25, 0.3) is 5.91 Å². The van der Waals surface area contributed by atoms with Gasteiger partial charge in [-0.05, 0) is 24.9 Å². The smallest absolute Gasteiger partial charge is 0.270 e. The van der Waals surface area contributed by atoms with E-state index < -0.39 is 0 Å². The maximum atomic E-state index is 12.5. The fourth-order valence-corrected chi connectivity index (χ4v) is 3.74. The van der Waals surface area contributed by atoms with Crippen molar-refractivity contribution in [3.8, 4) is 5.75 Å². The van der Waals surface area contributed by atoms with Crippen molar-refractivity contribution in [3.63, 3.8) is 0 Å². The standard InChI is InChI=1S/C16H21N3O2/c1-16(2)9-21-14-6-17-12(5-11(14)16)15(20)18-13-8-19-4-3-10(13)7-19/h5-6,10,13H,3-4,7-9H2,1-2H3,(H,18,20). The topological polar surface area (TPSA) is 54.5 Å². The molecule has 0 aromatic carbocycles. The SMILES string of the molecule is CC1(C)COc2cnc(C(=O)NC3CN4CCC3C4)cc21. The van der Waals surface area contributed by atoms with Crippen molar-refractivity contribution in [2.75, 3.05) is 26.2 Å². The van der Waals surface area contributed by atoms with Crippen LogP contribution in [0.25, 0.3) is 0 Å². The number of hydrogen-bond acceptors (Lipinski definition) is 4. The number of fused-ring (bicyclic) bond motifs is 3. The van der Waals surface area contributed by atoms with Crippen molar-refractivity contribution in [2.45, 2.75) is 31.7 Å². The van der Waals surface area contributed by atoms with Crippen molar-refractivity contribution in [3.05, 3.63) is 23.5 Å². The van der Waals surface area contributed by atoms with E-state index in [0.29, 0.717) is 18.2 Å². The highest BCUT2D eigenvalue weighted by molar-refractivity contribution is 5.93. The molecule has 3 atom stereocenters. The molecule has 2 saturated heterocycles. The summed E-state index contributed by atoms with van der Waals surface area (Å²) in [4.78, 5) is 19.1. The molecule has 1 aromatic heterocycles. The summed E-state index contributed by atoms with van der Waals surface area (Å²) in [5, 5.41) is 3.16. The normalized spacial score (nSPS) is 31.8. The highest BCUT2D eigenvalue weighted by Crippen LogP contribution is 2.38.